The lowest BCUT2D eigenvalue weighted by Gasteiger charge is -2.26. The van der Waals surface area contributed by atoms with Gasteiger partial charge in [0.1, 0.15) is 0 Å². The zero-order valence-corrected chi connectivity index (χ0v) is 19.7. The van der Waals surface area contributed by atoms with Crippen molar-refractivity contribution in [2.45, 2.75) is 45.1 Å². The Morgan fingerprint density at radius 2 is 1.81 bits per heavy atom. The predicted molar refractivity (Wildman–Crippen MR) is 129 cm³/mol. The Morgan fingerprint density at radius 3 is 2.59 bits per heavy atom. The Morgan fingerprint density at radius 1 is 1.03 bits per heavy atom. The molecule has 2 heterocycles. The molecule has 0 saturated carbocycles. The van der Waals surface area contributed by atoms with E-state index in [4.69, 9.17) is 23.2 Å². The second-order valence-corrected chi connectivity index (χ2v) is 9.50. The van der Waals surface area contributed by atoms with Crippen LogP contribution in [0.3, 0.4) is 0 Å². The summed E-state index contributed by atoms with van der Waals surface area (Å²) in [7, 11) is 0. The molecule has 0 radical (unpaired) electrons. The average Bonchev–Trinajstić information content (AvgIpc) is 3.41. The first-order chi connectivity index (χ1) is 15.5. The van der Waals surface area contributed by atoms with Crippen LogP contribution in [0.5, 0.6) is 0 Å². The molecule has 2 amide bonds. The number of hydrogen-bond donors (Lipinski definition) is 1. The highest BCUT2D eigenvalue weighted by atomic mass is 35.5. The van der Waals surface area contributed by atoms with E-state index in [0.29, 0.717) is 36.0 Å². The summed E-state index contributed by atoms with van der Waals surface area (Å²) in [6, 6.07) is 11.7. The number of hydrogen-bond acceptors (Lipinski definition) is 3. The van der Waals surface area contributed by atoms with E-state index in [1.807, 2.05) is 29.2 Å². The van der Waals surface area contributed by atoms with Crippen molar-refractivity contribution in [1.82, 2.24) is 9.80 Å². The SMILES string of the molecule is O=C1Cc2cc(CCCC(=O)N(CCN3CCCC3)Cc3ccc(Cl)c(Cl)c3)ccc2N1. The normalized spacial score (nSPS) is 15.6. The van der Waals surface area contributed by atoms with E-state index >= 15 is 0 Å². The van der Waals surface area contributed by atoms with E-state index in [0.717, 1.165) is 49.3 Å². The van der Waals surface area contributed by atoms with Gasteiger partial charge < -0.3 is 15.1 Å². The first-order valence-electron chi connectivity index (χ1n) is 11.3. The highest BCUT2D eigenvalue weighted by molar-refractivity contribution is 6.42. The number of fused-ring (bicyclic) bond motifs is 1. The van der Waals surface area contributed by atoms with Gasteiger partial charge >= 0.3 is 0 Å². The molecule has 170 valence electrons. The van der Waals surface area contributed by atoms with Gasteiger partial charge in [-0.15, -0.1) is 0 Å². The Kier molecular flexibility index (Phi) is 7.71. The number of amides is 2. The number of carbonyl (C=O) groups excluding carboxylic acids is 2. The molecule has 5 nitrogen and oxygen atoms in total. The molecule has 0 unspecified atom stereocenters. The number of rotatable bonds is 9. The Labute approximate surface area is 199 Å². The summed E-state index contributed by atoms with van der Waals surface area (Å²) < 4.78 is 0. The van der Waals surface area contributed by atoms with E-state index in [1.165, 1.54) is 18.4 Å². The van der Waals surface area contributed by atoms with E-state index in [-0.39, 0.29) is 11.8 Å². The zero-order valence-electron chi connectivity index (χ0n) is 18.2. The Bertz CT molecular complexity index is 989. The Hall–Kier alpha value is -2.08. The van der Waals surface area contributed by atoms with Crippen LogP contribution in [-0.2, 0) is 29.0 Å². The third kappa shape index (κ3) is 6.03. The predicted octanol–water partition coefficient (Wildman–Crippen LogP) is 4.94. The van der Waals surface area contributed by atoms with Crippen molar-refractivity contribution in [3.8, 4) is 0 Å². The second kappa shape index (κ2) is 10.7. The minimum absolute atomic E-state index is 0.0447. The van der Waals surface area contributed by atoms with Crippen molar-refractivity contribution in [1.29, 1.82) is 0 Å². The van der Waals surface area contributed by atoms with E-state index in [1.54, 1.807) is 6.07 Å². The minimum atomic E-state index is 0.0447. The molecule has 1 N–H and O–H groups in total. The Balaban J connectivity index is 1.34. The fourth-order valence-corrected chi connectivity index (χ4v) is 4.78. The van der Waals surface area contributed by atoms with E-state index < -0.39 is 0 Å². The van der Waals surface area contributed by atoms with Gasteiger partial charge in [0.2, 0.25) is 11.8 Å². The lowest BCUT2D eigenvalue weighted by atomic mass is 10.0. The molecule has 0 aromatic heterocycles. The van der Waals surface area contributed by atoms with Gasteiger partial charge in [0, 0.05) is 31.7 Å². The smallest absolute Gasteiger partial charge is 0.228 e. The molecule has 2 aliphatic heterocycles. The quantitative estimate of drug-likeness (QED) is 0.561. The fraction of sp³-hybridized carbons (Fsp3) is 0.440. The first kappa shape index (κ1) is 23.1. The molecule has 0 aliphatic carbocycles. The number of likely N-dealkylation sites (tertiary alicyclic amines) is 1. The van der Waals surface area contributed by atoms with Crippen LogP contribution in [0.1, 0.15) is 42.4 Å². The van der Waals surface area contributed by atoms with E-state index in [9.17, 15) is 9.59 Å². The standard InChI is InChI=1S/C25H29Cl2N3O2/c26-21-8-6-19(15-22(21)27)17-30(13-12-29-10-1-2-11-29)25(32)5-3-4-18-7-9-23-20(14-18)16-24(31)28-23/h6-9,14-15H,1-5,10-13,16-17H2,(H,28,31). The van der Waals surface area contributed by atoms with Crippen molar-refractivity contribution >= 4 is 40.7 Å². The average molecular weight is 474 g/mol. The minimum Gasteiger partial charge on any atom is -0.337 e. The third-order valence-electron chi connectivity index (χ3n) is 6.25. The summed E-state index contributed by atoms with van der Waals surface area (Å²) >= 11 is 12.2. The molecule has 32 heavy (non-hydrogen) atoms. The molecule has 7 heteroatoms. The summed E-state index contributed by atoms with van der Waals surface area (Å²) in [5.41, 5.74) is 4.11. The first-order valence-corrected chi connectivity index (χ1v) is 12.1. The van der Waals surface area contributed by atoms with Crippen LogP contribution >= 0.6 is 23.2 Å². The van der Waals surface area contributed by atoms with Gasteiger partial charge in [0.15, 0.2) is 0 Å². The molecule has 2 aromatic rings. The number of benzene rings is 2. The summed E-state index contributed by atoms with van der Waals surface area (Å²) in [6.45, 7) is 4.38. The van der Waals surface area contributed by atoms with Crippen molar-refractivity contribution in [2.75, 3.05) is 31.5 Å². The van der Waals surface area contributed by atoms with Crippen LogP contribution in [-0.4, -0.2) is 47.8 Å². The number of anilines is 1. The van der Waals surface area contributed by atoms with Gasteiger partial charge in [0.05, 0.1) is 16.5 Å². The molecule has 1 saturated heterocycles. The number of carbonyl (C=O) groups is 2. The van der Waals surface area contributed by atoms with Gasteiger partial charge in [-0.2, -0.15) is 0 Å². The maximum absolute atomic E-state index is 13.1. The van der Waals surface area contributed by atoms with Crippen LogP contribution in [0.25, 0.3) is 0 Å². The topological polar surface area (TPSA) is 52.7 Å². The summed E-state index contributed by atoms with van der Waals surface area (Å²) in [5, 5.41) is 3.90. The monoisotopic (exact) mass is 473 g/mol. The van der Waals surface area contributed by atoms with Crippen LogP contribution in [0.2, 0.25) is 10.0 Å². The molecule has 0 bridgehead atoms. The van der Waals surface area contributed by atoms with Crippen molar-refractivity contribution in [3.05, 3.63) is 63.1 Å². The molecule has 0 spiro atoms. The summed E-state index contributed by atoms with van der Waals surface area (Å²) in [4.78, 5) is 29.0. The maximum Gasteiger partial charge on any atom is 0.228 e. The van der Waals surface area contributed by atoms with Gasteiger partial charge in [0.25, 0.3) is 0 Å². The largest absolute Gasteiger partial charge is 0.337 e. The molecular weight excluding hydrogens is 445 g/mol. The number of nitrogens with zero attached hydrogens (tertiary/aromatic N) is 2. The van der Waals surface area contributed by atoms with Gasteiger partial charge in [-0.25, -0.2) is 0 Å². The zero-order chi connectivity index (χ0) is 22.5. The van der Waals surface area contributed by atoms with Crippen molar-refractivity contribution in [2.24, 2.45) is 0 Å². The maximum atomic E-state index is 13.1. The number of nitrogens with one attached hydrogen (secondary N) is 1. The van der Waals surface area contributed by atoms with Crippen LogP contribution in [0.15, 0.2) is 36.4 Å². The van der Waals surface area contributed by atoms with Crippen LogP contribution < -0.4 is 5.32 Å². The lowest BCUT2D eigenvalue weighted by molar-refractivity contribution is -0.132. The highest BCUT2D eigenvalue weighted by Gasteiger charge is 2.19. The van der Waals surface area contributed by atoms with Crippen LogP contribution in [0.4, 0.5) is 5.69 Å². The molecule has 2 aromatic carbocycles. The van der Waals surface area contributed by atoms with Crippen molar-refractivity contribution < 1.29 is 9.59 Å². The van der Waals surface area contributed by atoms with Gasteiger partial charge in [-0.1, -0.05) is 41.4 Å². The lowest BCUT2D eigenvalue weighted by Crippen LogP contribution is -2.37. The summed E-state index contributed by atoms with van der Waals surface area (Å²) in [6.07, 6.45) is 5.01. The van der Waals surface area contributed by atoms with Gasteiger partial charge in [-0.05, 0) is 73.7 Å². The third-order valence-corrected chi connectivity index (χ3v) is 6.98. The van der Waals surface area contributed by atoms with Gasteiger partial charge in [-0.3, -0.25) is 9.59 Å². The summed E-state index contributed by atoms with van der Waals surface area (Å²) in [5.74, 6) is 0.205. The number of halogens is 2. The van der Waals surface area contributed by atoms with Crippen LogP contribution in [0, 0.1) is 0 Å². The highest BCUT2D eigenvalue weighted by Crippen LogP contribution is 2.25. The molecule has 2 aliphatic rings. The molecule has 0 atom stereocenters. The molecular formula is C25H29Cl2N3O2. The van der Waals surface area contributed by atoms with E-state index in [2.05, 4.69) is 16.3 Å². The molecule has 4 rings (SSSR count). The van der Waals surface area contributed by atoms with Crippen molar-refractivity contribution in [3.63, 3.8) is 0 Å². The fourth-order valence-electron chi connectivity index (χ4n) is 4.46. The molecule has 1 fully saturated rings. The second-order valence-electron chi connectivity index (χ2n) is 8.68. The number of aryl methyl sites for hydroxylation is 1.